The maximum atomic E-state index is 6.40. The third-order valence-corrected chi connectivity index (χ3v) is 5.65. The van der Waals surface area contributed by atoms with Gasteiger partial charge in [-0.1, -0.05) is 13.8 Å². The Hall–Kier alpha value is 0.1000. The summed E-state index contributed by atoms with van der Waals surface area (Å²) in [5, 5.41) is 0. The lowest BCUT2D eigenvalue weighted by molar-refractivity contribution is 0.163. The van der Waals surface area contributed by atoms with Gasteiger partial charge >= 0.3 is 0 Å². The first-order valence-corrected chi connectivity index (χ1v) is 8.40. The number of halogens is 1. The highest BCUT2D eigenvalue weighted by Crippen LogP contribution is 2.38. The number of hydrogen-bond donors (Lipinski definition) is 1. The zero-order valence-electron chi connectivity index (χ0n) is 11.4. The first-order valence-electron chi connectivity index (χ1n) is 6.79. The van der Waals surface area contributed by atoms with Crippen molar-refractivity contribution < 1.29 is 0 Å². The van der Waals surface area contributed by atoms with Crippen LogP contribution in [0.3, 0.4) is 0 Å². The Bertz CT molecular complexity index is 393. The van der Waals surface area contributed by atoms with E-state index in [1.54, 1.807) is 0 Å². The average Bonchev–Trinajstić information content (AvgIpc) is 2.86. The zero-order chi connectivity index (χ0) is 13.3. The van der Waals surface area contributed by atoms with Gasteiger partial charge in [-0.15, -0.1) is 11.3 Å². The minimum Gasteiger partial charge on any atom is -0.326 e. The van der Waals surface area contributed by atoms with Crippen LogP contribution >= 0.6 is 27.3 Å². The molecule has 2 N–H and O–H groups in total. The van der Waals surface area contributed by atoms with Crippen LogP contribution in [0.4, 0.5) is 0 Å². The lowest BCUT2D eigenvalue weighted by Crippen LogP contribution is -2.42. The molecule has 4 heteroatoms. The van der Waals surface area contributed by atoms with Crippen molar-refractivity contribution in [2.24, 2.45) is 11.7 Å². The van der Waals surface area contributed by atoms with Crippen LogP contribution in [0.1, 0.15) is 44.5 Å². The Labute approximate surface area is 123 Å². The summed E-state index contributed by atoms with van der Waals surface area (Å²) in [6.45, 7) is 8.04. The van der Waals surface area contributed by atoms with Gasteiger partial charge in [-0.25, -0.2) is 0 Å². The fourth-order valence-corrected chi connectivity index (χ4v) is 4.67. The Morgan fingerprint density at radius 2 is 2.22 bits per heavy atom. The highest BCUT2D eigenvalue weighted by Gasteiger charge is 2.35. The molecule has 4 unspecified atom stereocenters. The number of rotatable bonds is 4. The largest absolute Gasteiger partial charge is 0.326 e. The summed E-state index contributed by atoms with van der Waals surface area (Å²) >= 11 is 5.39. The summed E-state index contributed by atoms with van der Waals surface area (Å²) in [5.74, 6) is 0.787. The van der Waals surface area contributed by atoms with Crippen LogP contribution < -0.4 is 5.73 Å². The summed E-state index contributed by atoms with van der Waals surface area (Å²) in [4.78, 5) is 4.01. The monoisotopic (exact) mass is 330 g/mol. The molecule has 1 saturated heterocycles. The second-order valence-corrected chi connectivity index (χ2v) is 8.04. The Morgan fingerprint density at radius 3 is 2.67 bits per heavy atom. The molecule has 1 fully saturated rings. The standard InChI is InChI=1S/C14H23BrN2S/c1-4-11(16)14(12-5-6-13(15)18-12)17-8-9(2)7-10(17)3/h5-6,9-11,14H,4,7-8,16H2,1-3H3. The van der Waals surface area contributed by atoms with Crippen LogP contribution in [0.2, 0.25) is 0 Å². The van der Waals surface area contributed by atoms with E-state index in [9.17, 15) is 0 Å². The topological polar surface area (TPSA) is 29.3 Å². The van der Waals surface area contributed by atoms with Crippen LogP contribution in [-0.4, -0.2) is 23.5 Å². The predicted molar refractivity (Wildman–Crippen MR) is 83.0 cm³/mol. The molecular formula is C14H23BrN2S. The maximum absolute atomic E-state index is 6.40. The summed E-state index contributed by atoms with van der Waals surface area (Å²) in [7, 11) is 0. The normalized spacial score (nSPS) is 28.5. The van der Waals surface area contributed by atoms with Crippen molar-refractivity contribution in [2.45, 2.75) is 51.7 Å². The summed E-state index contributed by atoms with van der Waals surface area (Å²) in [6, 6.07) is 5.61. The van der Waals surface area contributed by atoms with Crippen molar-refractivity contribution in [1.82, 2.24) is 4.90 Å². The van der Waals surface area contributed by atoms with Crippen LogP contribution in [0.25, 0.3) is 0 Å². The highest BCUT2D eigenvalue weighted by atomic mass is 79.9. The molecule has 1 aliphatic rings. The van der Waals surface area contributed by atoms with E-state index in [-0.39, 0.29) is 6.04 Å². The van der Waals surface area contributed by atoms with Gasteiger partial charge in [-0.3, -0.25) is 4.90 Å². The molecule has 4 atom stereocenters. The molecular weight excluding hydrogens is 308 g/mol. The highest BCUT2D eigenvalue weighted by molar-refractivity contribution is 9.11. The minimum atomic E-state index is 0.225. The molecule has 1 aromatic rings. The van der Waals surface area contributed by atoms with E-state index in [1.807, 2.05) is 11.3 Å². The van der Waals surface area contributed by atoms with E-state index in [1.165, 1.54) is 21.6 Å². The summed E-state index contributed by atoms with van der Waals surface area (Å²) in [6.07, 6.45) is 2.32. The third-order valence-electron chi connectivity index (χ3n) is 3.95. The van der Waals surface area contributed by atoms with E-state index in [0.717, 1.165) is 12.3 Å². The Kier molecular flexibility index (Phi) is 4.86. The van der Waals surface area contributed by atoms with Gasteiger partial charge in [-0.05, 0) is 53.7 Å². The molecule has 1 aromatic heterocycles. The average molecular weight is 331 g/mol. The lowest BCUT2D eigenvalue weighted by atomic mass is 10.0. The van der Waals surface area contributed by atoms with Gasteiger partial charge in [0.2, 0.25) is 0 Å². The van der Waals surface area contributed by atoms with Gasteiger partial charge in [0.25, 0.3) is 0 Å². The van der Waals surface area contributed by atoms with E-state index in [2.05, 4.69) is 53.7 Å². The molecule has 0 aromatic carbocycles. The van der Waals surface area contributed by atoms with Crippen molar-refractivity contribution in [3.63, 3.8) is 0 Å². The van der Waals surface area contributed by atoms with Gasteiger partial charge in [-0.2, -0.15) is 0 Å². The molecule has 0 aliphatic carbocycles. The van der Waals surface area contributed by atoms with E-state index < -0.39 is 0 Å². The molecule has 2 heterocycles. The molecule has 18 heavy (non-hydrogen) atoms. The smallest absolute Gasteiger partial charge is 0.0702 e. The van der Waals surface area contributed by atoms with Gasteiger partial charge in [0.1, 0.15) is 0 Å². The molecule has 2 rings (SSSR count). The van der Waals surface area contributed by atoms with Gasteiger partial charge in [0, 0.05) is 23.5 Å². The number of thiophene rings is 1. The number of hydrogen-bond acceptors (Lipinski definition) is 3. The molecule has 0 saturated carbocycles. The number of nitrogens with zero attached hydrogens (tertiary/aromatic N) is 1. The first kappa shape index (κ1) is 14.5. The molecule has 0 bridgehead atoms. The van der Waals surface area contributed by atoms with E-state index >= 15 is 0 Å². The fraction of sp³-hybridized carbons (Fsp3) is 0.714. The first-order chi connectivity index (χ1) is 8.52. The minimum absolute atomic E-state index is 0.225. The molecule has 0 radical (unpaired) electrons. The summed E-state index contributed by atoms with van der Waals surface area (Å²) in [5.41, 5.74) is 6.40. The van der Waals surface area contributed by atoms with Crippen LogP contribution in [0.15, 0.2) is 15.9 Å². The fourth-order valence-electron chi connectivity index (χ4n) is 3.05. The van der Waals surface area contributed by atoms with Gasteiger partial charge in [0.05, 0.1) is 9.83 Å². The van der Waals surface area contributed by atoms with Crippen molar-refractivity contribution >= 4 is 27.3 Å². The Morgan fingerprint density at radius 1 is 1.50 bits per heavy atom. The summed E-state index contributed by atoms with van der Waals surface area (Å²) < 4.78 is 1.20. The molecule has 102 valence electrons. The van der Waals surface area contributed by atoms with Crippen molar-refractivity contribution in [1.29, 1.82) is 0 Å². The van der Waals surface area contributed by atoms with Crippen molar-refractivity contribution in [3.05, 3.63) is 20.8 Å². The van der Waals surface area contributed by atoms with Crippen LogP contribution in [-0.2, 0) is 0 Å². The molecule has 0 amide bonds. The number of likely N-dealkylation sites (tertiary alicyclic amines) is 1. The molecule has 0 spiro atoms. The van der Waals surface area contributed by atoms with Crippen molar-refractivity contribution in [2.75, 3.05) is 6.54 Å². The molecule has 1 aliphatic heterocycles. The van der Waals surface area contributed by atoms with Crippen LogP contribution in [0.5, 0.6) is 0 Å². The van der Waals surface area contributed by atoms with Crippen molar-refractivity contribution in [3.8, 4) is 0 Å². The predicted octanol–water partition coefficient (Wildman–Crippen LogP) is 4.02. The van der Waals surface area contributed by atoms with E-state index in [4.69, 9.17) is 5.73 Å². The zero-order valence-corrected chi connectivity index (χ0v) is 13.8. The van der Waals surface area contributed by atoms with Gasteiger partial charge < -0.3 is 5.73 Å². The van der Waals surface area contributed by atoms with E-state index in [0.29, 0.717) is 12.1 Å². The maximum Gasteiger partial charge on any atom is 0.0702 e. The number of nitrogens with two attached hydrogens (primary N) is 1. The van der Waals surface area contributed by atoms with Gasteiger partial charge in [0.15, 0.2) is 0 Å². The Balaban J connectivity index is 2.25. The molecule has 2 nitrogen and oxygen atoms in total. The quantitative estimate of drug-likeness (QED) is 0.903. The SMILES string of the molecule is CCC(N)C(c1ccc(Br)s1)N1CC(C)CC1C. The lowest BCUT2D eigenvalue weighted by Gasteiger charge is -2.34. The second kappa shape index (κ2) is 6.04. The third kappa shape index (κ3) is 2.98. The van der Waals surface area contributed by atoms with Crippen LogP contribution in [0, 0.1) is 5.92 Å². The second-order valence-electron chi connectivity index (χ2n) is 5.55.